The number of esters is 1. The molecule has 2 atom stereocenters. The molecule has 0 spiro atoms. The van der Waals surface area contributed by atoms with Crippen molar-refractivity contribution >= 4 is 13.8 Å². The van der Waals surface area contributed by atoms with Crippen LogP contribution < -0.4 is 0 Å². The van der Waals surface area contributed by atoms with Gasteiger partial charge in [-0.2, -0.15) is 0 Å². The Morgan fingerprint density at radius 2 is 1.33 bits per heavy atom. The van der Waals surface area contributed by atoms with Crippen molar-refractivity contribution in [1.82, 2.24) is 0 Å². The lowest BCUT2D eigenvalue weighted by Gasteiger charge is -2.24. The summed E-state index contributed by atoms with van der Waals surface area (Å²) in [6, 6.07) is 0. The molecule has 198 valence electrons. The van der Waals surface area contributed by atoms with Gasteiger partial charge in [0.25, 0.3) is 0 Å². The van der Waals surface area contributed by atoms with Crippen molar-refractivity contribution < 1.29 is 37.3 Å². The van der Waals surface area contributed by atoms with Crippen LogP contribution in [0.4, 0.5) is 0 Å². The highest BCUT2D eigenvalue weighted by Gasteiger charge is 2.25. The average Bonchev–Trinajstić information content (AvgIpc) is 2.70. The highest BCUT2D eigenvalue weighted by molar-refractivity contribution is 7.47. The van der Waals surface area contributed by atoms with Gasteiger partial charge in [0.05, 0.1) is 34.4 Å². The lowest BCUT2D eigenvalue weighted by atomic mass is 10.1. The number of likely N-dealkylation sites (N-methyl/N-ethyl adjacent to an activating group) is 1. The van der Waals surface area contributed by atoms with E-state index < -0.39 is 19.9 Å². The van der Waals surface area contributed by atoms with Crippen molar-refractivity contribution in [1.29, 1.82) is 0 Å². The third-order valence-corrected chi connectivity index (χ3v) is 6.20. The summed E-state index contributed by atoms with van der Waals surface area (Å²) < 4.78 is 33.3. The van der Waals surface area contributed by atoms with Gasteiger partial charge >= 0.3 is 13.8 Å². The Balaban J connectivity index is 3.85. The van der Waals surface area contributed by atoms with E-state index in [0.717, 1.165) is 12.8 Å². The fourth-order valence-corrected chi connectivity index (χ4v) is 4.00. The number of phosphoric acid groups is 1. The zero-order valence-corrected chi connectivity index (χ0v) is 22.8. The molecule has 0 aliphatic carbocycles. The van der Waals surface area contributed by atoms with Gasteiger partial charge < -0.3 is 18.9 Å². The Morgan fingerprint density at radius 1 is 0.818 bits per heavy atom. The van der Waals surface area contributed by atoms with E-state index in [1.165, 1.54) is 71.1 Å². The molecular formula is C24H51NO7P+. The fourth-order valence-electron chi connectivity index (χ4n) is 3.26. The molecular weight excluding hydrogens is 445 g/mol. The smallest absolute Gasteiger partial charge is 0.458 e. The molecule has 0 rings (SSSR count). The van der Waals surface area contributed by atoms with Gasteiger partial charge in [-0.05, 0) is 6.42 Å². The highest BCUT2D eigenvalue weighted by atomic mass is 31.2. The first-order chi connectivity index (χ1) is 15.6. The zero-order chi connectivity index (χ0) is 25.0. The number of phosphoric ester groups is 1. The molecule has 0 aliphatic heterocycles. The highest BCUT2D eigenvalue weighted by Crippen LogP contribution is 2.43. The van der Waals surface area contributed by atoms with Crippen LogP contribution in [0.3, 0.4) is 0 Å². The lowest BCUT2D eigenvalue weighted by molar-refractivity contribution is -0.870. The van der Waals surface area contributed by atoms with Crippen molar-refractivity contribution in [3.8, 4) is 0 Å². The Kier molecular flexibility index (Phi) is 19.5. The number of hydrogen-bond donors (Lipinski definition) is 1. The molecule has 0 saturated heterocycles. The second kappa shape index (κ2) is 19.8. The second-order valence-corrected chi connectivity index (χ2v) is 11.3. The Morgan fingerprint density at radius 3 is 1.82 bits per heavy atom. The third-order valence-electron chi connectivity index (χ3n) is 5.22. The fraction of sp³-hybridized carbons (Fsp3) is 0.958. The number of ether oxygens (including phenoxy) is 2. The summed E-state index contributed by atoms with van der Waals surface area (Å²) in [6.45, 7) is 4.61. The van der Waals surface area contributed by atoms with Crippen LogP contribution in [-0.4, -0.2) is 75.6 Å². The van der Waals surface area contributed by atoms with Crippen LogP contribution in [-0.2, 0) is 27.9 Å². The maximum Gasteiger partial charge on any atom is 0.472 e. The number of hydrogen-bond acceptors (Lipinski definition) is 6. The summed E-state index contributed by atoms with van der Waals surface area (Å²) in [5.41, 5.74) is 0. The van der Waals surface area contributed by atoms with Crippen LogP contribution in [0, 0.1) is 0 Å². The number of carbonyl (C=O) groups excluding carboxylic acids is 1. The van der Waals surface area contributed by atoms with Crippen molar-refractivity contribution in [3.05, 3.63) is 0 Å². The van der Waals surface area contributed by atoms with Gasteiger partial charge in [-0.3, -0.25) is 13.8 Å². The van der Waals surface area contributed by atoms with Gasteiger partial charge in [-0.25, -0.2) is 4.57 Å². The minimum absolute atomic E-state index is 0.0883. The van der Waals surface area contributed by atoms with Crippen LogP contribution in [0.15, 0.2) is 0 Å². The van der Waals surface area contributed by atoms with E-state index >= 15 is 0 Å². The van der Waals surface area contributed by atoms with Gasteiger partial charge in [0.15, 0.2) is 0 Å². The van der Waals surface area contributed by atoms with Gasteiger partial charge in [0.2, 0.25) is 0 Å². The van der Waals surface area contributed by atoms with Gasteiger partial charge in [0, 0.05) is 13.5 Å². The molecule has 0 aromatic heterocycles. The molecule has 9 heteroatoms. The molecule has 0 heterocycles. The third kappa shape index (κ3) is 24.4. The van der Waals surface area contributed by atoms with Crippen LogP contribution in [0.2, 0.25) is 0 Å². The minimum atomic E-state index is -4.21. The first-order valence-electron chi connectivity index (χ1n) is 12.7. The first-order valence-corrected chi connectivity index (χ1v) is 14.2. The maximum atomic E-state index is 12.0. The largest absolute Gasteiger partial charge is 0.472 e. The molecule has 0 aromatic rings. The summed E-state index contributed by atoms with van der Waals surface area (Å²) >= 11 is 0. The molecule has 1 unspecified atom stereocenters. The monoisotopic (exact) mass is 496 g/mol. The van der Waals surface area contributed by atoms with Gasteiger partial charge in [0.1, 0.15) is 19.3 Å². The molecule has 0 amide bonds. The predicted molar refractivity (Wildman–Crippen MR) is 132 cm³/mol. The molecule has 0 radical (unpaired) electrons. The summed E-state index contributed by atoms with van der Waals surface area (Å²) in [5.74, 6) is -0.490. The number of quaternary nitrogens is 1. The summed E-state index contributed by atoms with van der Waals surface area (Å²) in [4.78, 5) is 21.1. The number of nitrogens with zero attached hydrogens (tertiary/aromatic N) is 1. The molecule has 0 aromatic carbocycles. The van der Waals surface area contributed by atoms with E-state index in [2.05, 4.69) is 6.92 Å². The molecule has 1 N–H and O–H groups in total. The summed E-state index contributed by atoms with van der Waals surface area (Å²) in [7, 11) is 1.66. The number of rotatable bonds is 23. The van der Waals surface area contributed by atoms with Crippen molar-refractivity contribution in [3.63, 3.8) is 0 Å². The van der Waals surface area contributed by atoms with E-state index in [4.69, 9.17) is 18.5 Å². The SMILES string of the molecule is CCCCCCCCCCCCCCOC[C@@H](COP(=O)(O)OCC[N+](C)(C)C)OC(C)=O. The standard InChI is InChI=1S/C24H50NO7P/c1-6-7-8-9-10-11-12-13-14-15-16-17-19-29-21-24(32-23(2)26)22-31-33(27,28)30-20-18-25(3,4)5/h24H,6-22H2,1-5H3/p+1/t24-/m0/s1. The lowest BCUT2D eigenvalue weighted by Crippen LogP contribution is -2.37. The van der Waals surface area contributed by atoms with Crippen LogP contribution >= 0.6 is 7.82 Å². The van der Waals surface area contributed by atoms with Crippen LogP contribution in [0.25, 0.3) is 0 Å². The average molecular weight is 497 g/mol. The van der Waals surface area contributed by atoms with Crippen molar-refractivity contribution in [2.45, 2.75) is 97.0 Å². The van der Waals surface area contributed by atoms with E-state index in [1.54, 1.807) is 0 Å². The maximum absolute atomic E-state index is 12.0. The Hall–Kier alpha value is -0.500. The Bertz CT molecular complexity index is 525. The first kappa shape index (κ1) is 32.5. The summed E-state index contributed by atoms with van der Waals surface area (Å²) in [5, 5.41) is 0. The Labute approximate surface area is 202 Å². The molecule has 0 aliphatic rings. The van der Waals surface area contributed by atoms with E-state index in [9.17, 15) is 14.3 Å². The molecule has 33 heavy (non-hydrogen) atoms. The number of carbonyl (C=O) groups is 1. The molecule has 0 fully saturated rings. The van der Waals surface area contributed by atoms with Crippen LogP contribution in [0.1, 0.15) is 90.9 Å². The van der Waals surface area contributed by atoms with Crippen molar-refractivity contribution in [2.24, 2.45) is 0 Å². The minimum Gasteiger partial charge on any atom is -0.458 e. The van der Waals surface area contributed by atoms with Crippen molar-refractivity contribution in [2.75, 3.05) is 54.1 Å². The second-order valence-electron chi connectivity index (χ2n) is 9.81. The zero-order valence-electron chi connectivity index (χ0n) is 21.9. The number of unbranched alkanes of at least 4 members (excludes halogenated alkanes) is 11. The van der Waals surface area contributed by atoms with Crippen LogP contribution in [0.5, 0.6) is 0 Å². The normalized spacial score (nSPS) is 14.7. The van der Waals surface area contributed by atoms with E-state index in [1.807, 2.05) is 21.1 Å². The predicted octanol–water partition coefficient (Wildman–Crippen LogP) is 5.48. The molecule has 0 bridgehead atoms. The van der Waals surface area contributed by atoms with Gasteiger partial charge in [-0.15, -0.1) is 0 Å². The molecule has 8 nitrogen and oxygen atoms in total. The van der Waals surface area contributed by atoms with Gasteiger partial charge in [-0.1, -0.05) is 77.6 Å². The topological polar surface area (TPSA) is 91.3 Å². The quantitative estimate of drug-likeness (QED) is 0.0867. The summed E-state index contributed by atoms with van der Waals surface area (Å²) in [6.07, 6.45) is 14.6. The van der Waals surface area contributed by atoms with E-state index in [-0.39, 0.29) is 19.8 Å². The molecule has 0 saturated carbocycles. The van der Waals surface area contributed by atoms with E-state index in [0.29, 0.717) is 17.6 Å².